The molecule has 0 aliphatic carbocycles. The second-order valence-corrected chi connectivity index (χ2v) is 12.7. The number of hydrogen-bond acceptors (Lipinski definition) is 7. The van der Waals surface area contributed by atoms with Crippen molar-refractivity contribution in [3.05, 3.63) is 35.9 Å². The van der Waals surface area contributed by atoms with Crippen LogP contribution in [0.3, 0.4) is 0 Å². The molecule has 12 nitrogen and oxygen atoms in total. The van der Waals surface area contributed by atoms with Crippen LogP contribution in [0.4, 0.5) is 8.78 Å². The molecule has 0 aromatic heterocycles. The number of aliphatic carboxylic acids is 1. The van der Waals surface area contributed by atoms with Gasteiger partial charge in [-0.15, -0.1) is 0 Å². The summed E-state index contributed by atoms with van der Waals surface area (Å²) in [5.74, 6) is -7.52. The van der Waals surface area contributed by atoms with Crippen LogP contribution in [0.5, 0.6) is 0 Å². The minimum absolute atomic E-state index is 0.00848. The van der Waals surface area contributed by atoms with E-state index in [9.17, 15) is 47.8 Å². The molecule has 47 heavy (non-hydrogen) atoms. The molecular weight excluding hydrogens is 618 g/mol. The van der Waals surface area contributed by atoms with E-state index in [1.807, 2.05) is 0 Å². The Morgan fingerprint density at radius 2 is 1.55 bits per heavy atom. The predicted octanol–water partition coefficient (Wildman–Crippen LogP) is 2.07. The zero-order valence-electron chi connectivity index (χ0n) is 27.6. The molecule has 2 rings (SSSR count). The lowest BCUT2D eigenvalue weighted by atomic mass is 9.93. The number of alkyl halides is 2. The third-order valence-electron chi connectivity index (χ3n) is 8.28. The van der Waals surface area contributed by atoms with Crippen molar-refractivity contribution >= 4 is 35.4 Å². The quantitative estimate of drug-likeness (QED) is 0.148. The number of Topliss-reactive ketones (excluding diaryl/α,β-unsaturated/α-hetero) is 1. The van der Waals surface area contributed by atoms with Crippen LogP contribution in [0, 0.1) is 17.8 Å². The smallest absolute Gasteiger partial charge is 0.326 e. The second-order valence-electron chi connectivity index (χ2n) is 12.7. The number of aliphatic hydroxyl groups excluding tert-OH is 1. The molecule has 6 atom stereocenters. The van der Waals surface area contributed by atoms with Crippen LogP contribution in [-0.4, -0.2) is 93.7 Å². The number of ketones is 1. The molecule has 1 aliphatic heterocycles. The molecule has 14 heteroatoms. The van der Waals surface area contributed by atoms with Crippen molar-refractivity contribution in [3.63, 3.8) is 0 Å². The third-order valence-corrected chi connectivity index (χ3v) is 8.28. The Balaban J connectivity index is 2.31. The van der Waals surface area contributed by atoms with E-state index in [1.165, 1.54) is 4.90 Å². The zero-order chi connectivity index (χ0) is 35.4. The van der Waals surface area contributed by atoms with E-state index < -0.39 is 96.3 Å². The number of nitrogens with one attached hydrogen (secondary N) is 3. The number of nitrogens with zero attached hydrogens (tertiary/aromatic N) is 1. The molecule has 1 fully saturated rings. The second kappa shape index (κ2) is 18.4. The Hall–Kier alpha value is -3.94. The minimum atomic E-state index is -2.65. The summed E-state index contributed by atoms with van der Waals surface area (Å²) in [7, 11) is 0. The first-order valence-electron chi connectivity index (χ1n) is 16.1. The number of hydrogen-bond donors (Lipinski definition) is 5. The van der Waals surface area contributed by atoms with Crippen LogP contribution in [-0.2, 0) is 35.2 Å². The van der Waals surface area contributed by atoms with Gasteiger partial charge in [-0.1, -0.05) is 71.4 Å². The molecule has 1 aliphatic rings. The molecule has 0 saturated carbocycles. The average Bonchev–Trinajstić information content (AvgIpc) is 3.45. The van der Waals surface area contributed by atoms with Gasteiger partial charge in [0.05, 0.1) is 6.04 Å². The first-order chi connectivity index (χ1) is 22.1. The fourth-order valence-corrected chi connectivity index (χ4v) is 5.59. The lowest BCUT2D eigenvalue weighted by molar-refractivity contribution is -0.147. The van der Waals surface area contributed by atoms with Gasteiger partial charge >= 0.3 is 5.97 Å². The van der Waals surface area contributed by atoms with E-state index >= 15 is 0 Å². The molecule has 4 amide bonds. The maximum Gasteiger partial charge on any atom is 0.326 e. The van der Waals surface area contributed by atoms with Crippen LogP contribution in [0.1, 0.15) is 72.3 Å². The molecule has 0 spiro atoms. The molecule has 0 radical (unpaired) electrons. The summed E-state index contributed by atoms with van der Waals surface area (Å²) in [5, 5.41) is 27.2. The van der Waals surface area contributed by atoms with Crippen molar-refractivity contribution in [1.29, 1.82) is 0 Å². The predicted molar refractivity (Wildman–Crippen MR) is 168 cm³/mol. The molecule has 262 valence electrons. The topological polar surface area (TPSA) is 182 Å². The molecule has 2 unspecified atom stereocenters. The van der Waals surface area contributed by atoms with Crippen LogP contribution in [0.25, 0.3) is 0 Å². The SMILES string of the molecule is CCCC(NC(=O)[C@@H]1C(CCC(F)F)CCN1C(=O)[C@@H](NC(=O)[C@@H](O)C(C)C)C(C)C)C(=O)C(=O)N[C@@H](Cc1ccccc1)C(=O)O. The Labute approximate surface area is 274 Å². The molecular formula is C33H48F2N4O8. The Morgan fingerprint density at radius 3 is 2.09 bits per heavy atom. The number of rotatable bonds is 18. The number of aliphatic hydroxyl groups is 1. The van der Waals surface area contributed by atoms with Gasteiger partial charge in [-0.05, 0) is 42.6 Å². The van der Waals surface area contributed by atoms with E-state index in [4.69, 9.17) is 0 Å². The molecule has 1 saturated heterocycles. The third kappa shape index (κ3) is 11.4. The van der Waals surface area contributed by atoms with Crippen molar-refractivity contribution in [2.75, 3.05) is 6.54 Å². The van der Waals surface area contributed by atoms with Crippen molar-refractivity contribution in [2.45, 2.75) is 110 Å². The highest BCUT2D eigenvalue weighted by atomic mass is 19.3. The Bertz CT molecular complexity index is 1250. The number of carbonyl (C=O) groups excluding carboxylic acids is 5. The van der Waals surface area contributed by atoms with Crippen molar-refractivity contribution in [2.24, 2.45) is 17.8 Å². The Morgan fingerprint density at radius 1 is 0.915 bits per heavy atom. The number of carboxylic acids is 1. The first kappa shape index (κ1) is 39.2. The Kier molecular flexibility index (Phi) is 15.4. The van der Waals surface area contributed by atoms with Crippen LogP contribution < -0.4 is 16.0 Å². The van der Waals surface area contributed by atoms with Crippen molar-refractivity contribution < 1.29 is 47.8 Å². The van der Waals surface area contributed by atoms with E-state index in [0.29, 0.717) is 12.0 Å². The molecule has 1 heterocycles. The van der Waals surface area contributed by atoms with E-state index in [0.717, 1.165) is 0 Å². The van der Waals surface area contributed by atoms with Crippen LogP contribution in [0.15, 0.2) is 30.3 Å². The normalized spacial score (nSPS) is 18.8. The monoisotopic (exact) mass is 666 g/mol. The van der Waals surface area contributed by atoms with Gasteiger partial charge in [0.2, 0.25) is 29.9 Å². The average molecular weight is 667 g/mol. The van der Waals surface area contributed by atoms with Crippen molar-refractivity contribution in [1.82, 2.24) is 20.9 Å². The van der Waals surface area contributed by atoms with Gasteiger partial charge in [0, 0.05) is 19.4 Å². The van der Waals surface area contributed by atoms with Crippen LogP contribution >= 0.6 is 0 Å². The molecule has 5 N–H and O–H groups in total. The fraction of sp³-hybridized carbons (Fsp3) is 0.636. The number of carboxylic acid groups (broad SMARTS) is 1. The number of carbonyl (C=O) groups is 6. The van der Waals surface area contributed by atoms with E-state index in [2.05, 4.69) is 16.0 Å². The number of amides is 4. The largest absolute Gasteiger partial charge is 0.480 e. The van der Waals surface area contributed by atoms with Gasteiger partial charge in [0.1, 0.15) is 24.2 Å². The van der Waals surface area contributed by atoms with Gasteiger partial charge in [0.25, 0.3) is 5.91 Å². The highest BCUT2D eigenvalue weighted by molar-refractivity contribution is 6.38. The summed E-state index contributed by atoms with van der Waals surface area (Å²) >= 11 is 0. The fourth-order valence-electron chi connectivity index (χ4n) is 5.59. The summed E-state index contributed by atoms with van der Waals surface area (Å²) in [5.41, 5.74) is 0.612. The maximum atomic E-state index is 13.8. The standard InChI is InChI=1S/C33H48F2N4O8/c1-6-10-22(28(41)31(44)37-23(33(46)47)17-20-11-8-7-9-12-20)36-29(42)26-21(13-14-24(34)35)15-16-39(26)32(45)25(18(2)3)38-30(43)27(40)19(4)5/h7-9,11-12,18-19,21-27,40H,6,10,13-17H2,1-5H3,(H,36,42)(H,37,44)(H,38,43)(H,46,47)/t21?,22?,23-,25-,26-,27-/m0/s1. The summed E-state index contributed by atoms with van der Waals surface area (Å²) < 4.78 is 26.4. The number of halogens is 2. The lowest BCUT2D eigenvalue weighted by Gasteiger charge is -2.33. The summed E-state index contributed by atoms with van der Waals surface area (Å²) in [6.07, 6.45) is -4.20. The highest BCUT2D eigenvalue weighted by Crippen LogP contribution is 2.31. The van der Waals surface area contributed by atoms with Crippen LogP contribution in [0.2, 0.25) is 0 Å². The van der Waals surface area contributed by atoms with Gasteiger partial charge in [-0.2, -0.15) is 0 Å². The molecule has 1 aromatic carbocycles. The van der Waals surface area contributed by atoms with E-state index in [-0.39, 0.29) is 32.2 Å². The van der Waals surface area contributed by atoms with Gasteiger partial charge < -0.3 is 31.1 Å². The molecule has 0 bridgehead atoms. The van der Waals surface area contributed by atoms with Gasteiger partial charge in [-0.3, -0.25) is 24.0 Å². The number of likely N-dealkylation sites (tertiary alicyclic amines) is 1. The summed E-state index contributed by atoms with van der Waals surface area (Å²) in [4.78, 5) is 79.6. The van der Waals surface area contributed by atoms with E-state index in [1.54, 1.807) is 65.0 Å². The highest BCUT2D eigenvalue weighted by Gasteiger charge is 2.45. The van der Waals surface area contributed by atoms with Gasteiger partial charge in [-0.25, -0.2) is 13.6 Å². The minimum Gasteiger partial charge on any atom is -0.480 e. The maximum absolute atomic E-state index is 13.8. The zero-order valence-corrected chi connectivity index (χ0v) is 27.6. The van der Waals surface area contributed by atoms with Crippen molar-refractivity contribution in [3.8, 4) is 0 Å². The van der Waals surface area contributed by atoms with Gasteiger partial charge in [0.15, 0.2) is 0 Å². The summed E-state index contributed by atoms with van der Waals surface area (Å²) in [6, 6.07) is 3.26. The number of benzene rings is 1. The summed E-state index contributed by atoms with van der Waals surface area (Å²) in [6.45, 7) is 8.32. The lowest BCUT2D eigenvalue weighted by Crippen LogP contribution is -2.59. The first-order valence-corrected chi connectivity index (χ1v) is 16.1. The molecule has 1 aromatic rings.